The highest BCUT2D eigenvalue weighted by Crippen LogP contribution is 2.24. The molecule has 0 N–H and O–H groups in total. The van der Waals surface area contributed by atoms with E-state index < -0.39 is 29.8 Å². The van der Waals surface area contributed by atoms with Crippen LogP contribution in [0.15, 0.2) is 17.0 Å². The van der Waals surface area contributed by atoms with Crippen LogP contribution < -0.4 is 0 Å². The fourth-order valence-corrected chi connectivity index (χ4v) is 1.73. The number of thioether (sulfide) groups is 1. The molecule has 0 saturated carbocycles. The van der Waals surface area contributed by atoms with Crippen LogP contribution >= 0.6 is 11.8 Å². The van der Waals surface area contributed by atoms with E-state index in [1.807, 2.05) is 0 Å². The number of rotatable bonds is 4. The van der Waals surface area contributed by atoms with Crippen LogP contribution in [0.25, 0.3) is 0 Å². The second-order valence-corrected chi connectivity index (χ2v) is 3.97. The summed E-state index contributed by atoms with van der Waals surface area (Å²) in [5.41, 5.74) is -0.178. The molecule has 0 amide bonds. The first-order valence-electron chi connectivity index (χ1n) is 4.62. The maximum Gasteiger partial charge on any atom is 0.313 e. The van der Waals surface area contributed by atoms with Gasteiger partial charge in [0.2, 0.25) is 0 Å². The Balaban J connectivity index is 3.00. The minimum absolute atomic E-state index is 0.153. The van der Waals surface area contributed by atoms with Gasteiger partial charge < -0.3 is 4.74 Å². The average molecular weight is 260 g/mol. The summed E-state index contributed by atoms with van der Waals surface area (Å²) in [4.78, 5) is 22.2. The number of ether oxygens (including phenoxy) is 1. The Kier molecular flexibility index (Phi) is 4.62. The Morgan fingerprint density at radius 3 is 2.24 bits per heavy atom. The van der Waals surface area contributed by atoms with Gasteiger partial charge >= 0.3 is 5.97 Å². The molecule has 1 rings (SSSR count). The van der Waals surface area contributed by atoms with Gasteiger partial charge in [-0.25, -0.2) is 8.78 Å². The monoisotopic (exact) mass is 260 g/mol. The third-order valence-corrected chi connectivity index (χ3v) is 2.86. The van der Waals surface area contributed by atoms with Crippen LogP contribution in [0.3, 0.4) is 0 Å². The summed E-state index contributed by atoms with van der Waals surface area (Å²) < 4.78 is 31.0. The molecule has 1 aromatic carbocycles. The number of esters is 1. The maximum absolute atomic E-state index is 13.4. The van der Waals surface area contributed by atoms with Gasteiger partial charge in [-0.3, -0.25) is 9.59 Å². The Morgan fingerprint density at radius 1 is 1.29 bits per heavy atom. The van der Waals surface area contributed by atoms with Crippen molar-refractivity contribution in [2.45, 2.75) is 11.3 Å². The van der Waals surface area contributed by atoms with Crippen molar-refractivity contribution in [3.63, 3.8) is 0 Å². The summed E-state index contributed by atoms with van der Waals surface area (Å²) in [6.45, 7) is 0. The summed E-state index contributed by atoms with van der Waals surface area (Å²) in [5.74, 6) is -3.05. The van der Waals surface area contributed by atoms with Gasteiger partial charge in [-0.2, -0.15) is 0 Å². The SMILES string of the molecule is COC(=O)CC(=O)c1cc(F)c(SC)c(F)c1. The van der Waals surface area contributed by atoms with Gasteiger partial charge in [0.1, 0.15) is 18.1 Å². The molecule has 0 spiro atoms. The number of benzene rings is 1. The zero-order valence-electron chi connectivity index (χ0n) is 9.25. The molecule has 1 aromatic rings. The summed E-state index contributed by atoms with van der Waals surface area (Å²) in [6, 6.07) is 1.83. The third kappa shape index (κ3) is 3.26. The number of hydrogen-bond donors (Lipinski definition) is 0. The Labute approximate surface area is 101 Å². The van der Waals surface area contributed by atoms with Crippen LogP contribution in [0, 0.1) is 11.6 Å². The highest BCUT2D eigenvalue weighted by atomic mass is 32.2. The van der Waals surface area contributed by atoms with E-state index in [2.05, 4.69) is 4.74 Å². The smallest absolute Gasteiger partial charge is 0.313 e. The van der Waals surface area contributed by atoms with Gasteiger partial charge in [0, 0.05) is 5.56 Å². The molecular weight excluding hydrogens is 250 g/mol. The van der Waals surface area contributed by atoms with E-state index in [4.69, 9.17) is 0 Å². The number of hydrogen-bond acceptors (Lipinski definition) is 4. The first-order chi connectivity index (χ1) is 7.99. The lowest BCUT2D eigenvalue weighted by Gasteiger charge is -2.05. The van der Waals surface area contributed by atoms with Crippen molar-refractivity contribution in [2.24, 2.45) is 0 Å². The summed E-state index contributed by atoms with van der Waals surface area (Å²) in [6.07, 6.45) is 0.991. The molecule has 0 bridgehead atoms. The van der Waals surface area contributed by atoms with Gasteiger partial charge in [0.05, 0.1) is 12.0 Å². The van der Waals surface area contributed by atoms with Crippen LogP contribution in [0.1, 0.15) is 16.8 Å². The molecule has 0 saturated heterocycles. The van der Waals surface area contributed by atoms with E-state index in [9.17, 15) is 18.4 Å². The van der Waals surface area contributed by atoms with Crippen LogP contribution in [-0.2, 0) is 9.53 Å². The molecule has 17 heavy (non-hydrogen) atoms. The molecule has 0 aromatic heterocycles. The zero-order chi connectivity index (χ0) is 13.0. The van der Waals surface area contributed by atoms with Crippen molar-refractivity contribution >= 4 is 23.5 Å². The van der Waals surface area contributed by atoms with Crippen molar-refractivity contribution < 1.29 is 23.1 Å². The molecule has 0 fully saturated rings. The molecule has 0 unspecified atom stereocenters. The minimum Gasteiger partial charge on any atom is -0.469 e. The van der Waals surface area contributed by atoms with E-state index in [0.29, 0.717) is 0 Å². The number of carbonyl (C=O) groups is 2. The topological polar surface area (TPSA) is 43.4 Å². The number of ketones is 1. The van der Waals surface area contributed by atoms with E-state index in [0.717, 1.165) is 31.0 Å². The highest BCUT2D eigenvalue weighted by molar-refractivity contribution is 7.98. The summed E-state index contributed by atoms with van der Waals surface area (Å²) in [5, 5.41) is 0. The van der Waals surface area contributed by atoms with Gasteiger partial charge in [0.25, 0.3) is 0 Å². The molecule has 92 valence electrons. The maximum atomic E-state index is 13.4. The van der Waals surface area contributed by atoms with Crippen LogP contribution in [0.5, 0.6) is 0 Å². The zero-order valence-corrected chi connectivity index (χ0v) is 10.1. The fourth-order valence-electron chi connectivity index (χ4n) is 1.22. The van der Waals surface area contributed by atoms with Gasteiger partial charge in [-0.15, -0.1) is 11.8 Å². The van der Waals surface area contributed by atoms with Crippen molar-refractivity contribution in [3.05, 3.63) is 29.3 Å². The first kappa shape index (κ1) is 13.6. The number of carbonyl (C=O) groups excluding carboxylic acids is 2. The van der Waals surface area contributed by atoms with E-state index in [-0.39, 0.29) is 10.5 Å². The molecule has 6 heteroatoms. The lowest BCUT2D eigenvalue weighted by atomic mass is 10.1. The molecule has 0 aliphatic carbocycles. The Hall–Kier alpha value is -1.43. The lowest BCUT2D eigenvalue weighted by Crippen LogP contribution is -2.10. The van der Waals surface area contributed by atoms with E-state index >= 15 is 0 Å². The standard InChI is InChI=1S/C11H10F2O3S/c1-16-10(15)5-9(14)6-3-7(12)11(17-2)8(13)4-6/h3-4H,5H2,1-2H3. The Morgan fingerprint density at radius 2 is 1.82 bits per heavy atom. The summed E-state index contributed by atoms with van der Waals surface area (Å²) in [7, 11) is 1.13. The van der Waals surface area contributed by atoms with E-state index in [1.165, 1.54) is 6.26 Å². The molecular formula is C11H10F2O3S. The summed E-state index contributed by atoms with van der Waals surface area (Å²) >= 11 is 0.908. The largest absolute Gasteiger partial charge is 0.469 e. The lowest BCUT2D eigenvalue weighted by molar-refractivity contribution is -0.139. The van der Waals surface area contributed by atoms with Crippen LogP contribution in [0.4, 0.5) is 8.78 Å². The average Bonchev–Trinajstić information content (AvgIpc) is 2.28. The number of halogens is 2. The fraction of sp³-hybridized carbons (Fsp3) is 0.273. The molecule has 0 aliphatic rings. The normalized spacial score (nSPS) is 10.1. The second-order valence-electron chi connectivity index (χ2n) is 3.15. The van der Waals surface area contributed by atoms with Crippen molar-refractivity contribution in [3.8, 4) is 0 Å². The van der Waals surface area contributed by atoms with Crippen LogP contribution in [-0.4, -0.2) is 25.1 Å². The predicted molar refractivity (Wildman–Crippen MR) is 59.1 cm³/mol. The molecule has 3 nitrogen and oxygen atoms in total. The van der Waals surface area contributed by atoms with Gasteiger partial charge in [-0.05, 0) is 18.4 Å². The molecule has 0 heterocycles. The van der Waals surface area contributed by atoms with Crippen LogP contribution in [0.2, 0.25) is 0 Å². The van der Waals surface area contributed by atoms with Gasteiger partial charge in [-0.1, -0.05) is 0 Å². The van der Waals surface area contributed by atoms with Gasteiger partial charge in [0.15, 0.2) is 5.78 Å². The van der Waals surface area contributed by atoms with Crippen molar-refractivity contribution in [1.82, 2.24) is 0 Å². The van der Waals surface area contributed by atoms with Crippen molar-refractivity contribution in [1.29, 1.82) is 0 Å². The second kappa shape index (κ2) is 5.77. The van der Waals surface area contributed by atoms with E-state index in [1.54, 1.807) is 0 Å². The number of methoxy groups -OCH3 is 1. The molecule has 0 aliphatic heterocycles. The number of Topliss-reactive ketones (excluding diaryl/α,β-unsaturated/α-hetero) is 1. The highest BCUT2D eigenvalue weighted by Gasteiger charge is 2.17. The third-order valence-electron chi connectivity index (χ3n) is 2.06. The Bertz CT molecular complexity index is 437. The molecule has 0 atom stereocenters. The minimum atomic E-state index is -0.814. The first-order valence-corrected chi connectivity index (χ1v) is 5.85. The molecule has 0 radical (unpaired) electrons. The quantitative estimate of drug-likeness (QED) is 0.361. The van der Waals surface area contributed by atoms with Crippen molar-refractivity contribution in [2.75, 3.05) is 13.4 Å². The predicted octanol–water partition coefficient (Wildman–Crippen LogP) is 2.43.